The van der Waals surface area contributed by atoms with Crippen LogP contribution in [-0.2, 0) is 0 Å². The maximum Gasteiger partial charge on any atom is 0.272 e. The Balaban J connectivity index is 2.76. The normalized spacial score (nSPS) is 11.9. The van der Waals surface area contributed by atoms with E-state index >= 15 is 0 Å². The lowest BCUT2D eigenvalue weighted by Crippen LogP contribution is -2.29. The van der Waals surface area contributed by atoms with Crippen LogP contribution in [0.4, 0.5) is 5.69 Å². The van der Waals surface area contributed by atoms with Crippen molar-refractivity contribution in [1.82, 2.24) is 5.32 Å². The zero-order valence-corrected chi connectivity index (χ0v) is 11.9. The number of carbonyl (C=O) groups excluding carboxylic acids is 1. The van der Waals surface area contributed by atoms with E-state index < -0.39 is 4.92 Å². The maximum absolute atomic E-state index is 11.8. The minimum Gasteiger partial charge on any atom is -0.351 e. The van der Waals surface area contributed by atoms with Crippen molar-refractivity contribution in [1.29, 1.82) is 0 Å². The van der Waals surface area contributed by atoms with E-state index in [9.17, 15) is 14.9 Å². The first-order valence-corrected chi connectivity index (χ1v) is 6.54. The molecule has 1 amide bonds. The molecular formula is C12H15BrN2O3. The molecule has 0 saturated carbocycles. The van der Waals surface area contributed by atoms with E-state index in [1.165, 1.54) is 18.2 Å². The summed E-state index contributed by atoms with van der Waals surface area (Å²) >= 11 is 3.42. The van der Waals surface area contributed by atoms with Crippen molar-refractivity contribution >= 4 is 27.5 Å². The summed E-state index contributed by atoms with van der Waals surface area (Å²) in [5.74, 6) is -0.217. The average molecular weight is 315 g/mol. The number of nitro groups is 1. The van der Waals surface area contributed by atoms with Crippen molar-refractivity contribution in [2.24, 2.45) is 0 Å². The van der Waals surface area contributed by atoms with Crippen LogP contribution in [0, 0.1) is 17.0 Å². The van der Waals surface area contributed by atoms with E-state index in [0.29, 0.717) is 17.7 Å². The molecule has 1 atom stereocenters. The molecule has 0 aliphatic carbocycles. The largest absolute Gasteiger partial charge is 0.351 e. The molecule has 1 rings (SSSR count). The minimum atomic E-state index is -0.456. The molecular weight excluding hydrogens is 300 g/mol. The Morgan fingerprint density at radius 1 is 1.56 bits per heavy atom. The molecule has 0 radical (unpaired) electrons. The third-order valence-electron chi connectivity index (χ3n) is 2.58. The van der Waals surface area contributed by atoms with Crippen LogP contribution in [-0.4, -0.2) is 22.2 Å². The maximum atomic E-state index is 11.8. The highest BCUT2D eigenvalue weighted by molar-refractivity contribution is 9.09. The second-order valence-electron chi connectivity index (χ2n) is 3.97. The summed E-state index contributed by atoms with van der Waals surface area (Å²) in [6.45, 7) is 4.17. The number of rotatable bonds is 5. The number of halogens is 1. The molecule has 0 aliphatic heterocycles. The summed E-state index contributed by atoms with van der Waals surface area (Å²) in [6, 6.07) is 4.36. The lowest BCUT2D eigenvalue weighted by Gasteiger charge is -2.09. The Labute approximate surface area is 114 Å². The van der Waals surface area contributed by atoms with Crippen LogP contribution in [0.15, 0.2) is 18.2 Å². The van der Waals surface area contributed by atoms with Crippen LogP contribution in [0.1, 0.15) is 29.3 Å². The van der Waals surface area contributed by atoms with Gasteiger partial charge in [0.2, 0.25) is 0 Å². The first kappa shape index (κ1) is 14.6. The van der Waals surface area contributed by atoms with E-state index in [1.807, 2.05) is 6.92 Å². The molecule has 0 saturated heterocycles. The highest BCUT2D eigenvalue weighted by atomic mass is 79.9. The predicted molar refractivity (Wildman–Crippen MR) is 73.2 cm³/mol. The van der Waals surface area contributed by atoms with Gasteiger partial charge in [0.15, 0.2) is 0 Å². The smallest absolute Gasteiger partial charge is 0.272 e. The summed E-state index contributed by atoms with van der Waals surface area (Å²) < 4.78 is 0. The number of nitrogens with zero attached hydrogens (tertiary/aromatic N) is 1. The van der Waals surface area contributed by atoms with Crippen LogP contribution >= 0.6 is 15.9 Å². The predicted octanol–water partition coefficient (Wildman–Crippen LogP) is 2.81. The van der Waals surface area contributed by atoms with Gasteiger partial charge in [0.1, 0.15) is 0 Å². The van der Waals surface area contributed by atoms with Crippen molar-refractivity contribution in [3.8, 4) is 0 Å². The number of nitro benzene ring substituents is 1. The molecule has 5 nitrogen and oxygen atoms in total. The van der Waals surface area contributed by atoms with E-state index in [0.717, 1.165) is 6.42 Å². The molecule has 0 heterocycles. The fourth-order valence-electron chi connectivity index (χ4n) is 1.45. The standard InChI is InChI=1S/C12H15BrN2O3/c1-3-10(13)7-14-12(16)9-4-5-11(15(17)18)8(2)6-9/h4-6,10H,3,7H2,1-2H3,(H,14,16). The third-order valence-corrected chi connectivity index (χ3v) is 3.55. The minimum absolute atomic E-state index is 0.0264. The van der Waals surface area contributed by atoms with Crippen LogP contribution in [0.2, 0.25) is 0 Å². The quantitative estimate of drug-likeness (QED) is 0.516. The Morgan fingerprint density at radius 2 is 2.22 bits per heavy atom. The number of hydrogen-bond donors (Lipinski definition) is 1. The summed E-state index contributed by atoms with van der Waals surface area (Å²) in [5, 5.41) is 13.4. The van der Waals surface area contributed by atoms with Gasteiger partial charge in [-0.3, -0.25) is 14.9 Å². The fourth-order valence-corrected chi connectivity index (χ4v) is 1.61. The zero-order valence-electron chi connectivity index (χ0n) is 10.3. The second-order valence-corrected chi connectivity index (χ2v) is 5.27. The van der Waals surface area contributed by atoms with Gasteiger partial charge in [-0.2, -0.15) is 0 Å². The summed E-state index contributed by atoms with van der Waals surface area (Å²) in [7, 11) is 0. The number of nitrogens with one attached hydrogen (secondary N) is 1. The van der Waals surface area contributed by atoms with Crippen molar-refractivity contribution < 1.29 is 9.72 Å². The monoisotopic (exact) mass is 314 g/mol. The van der Waals surface area contributed by atoms with Gasteiger partial charge in [-0.25, -0.2) is 0 Å². The molecule has 1 aromatic carbocycles. The molecule has 18 heavy (non-hydrogen) atoms. The van der Waals surface area contributed by atoms with Crippen LogP contribution in [0.3, 0.4) is 0 Å². The Kier molecular flexibility index (Phi) is 5.27. The zero-order chi connectivity index (χ0) is 13.7. The summed E-state index contributed by atoms with van der Waals surface area (Å²) in [4.78, 5) is 22.2. The lowest BCUT2D eigenvalue weighted by atomic mass is 10.1. The number of aryl methyl sites for hydroxylation is 1. The number of hydrogen-bond acceptors (Lipinski definition) is 3. The first-order chi connectivity index (χ1) is 8.45. The SMILES string of the molecule is CCC(Br)CNC(=O)c1ccc([N+](=O)[O-])c(C)c1. The summed E-state index contributed by atoms with van der Waals surface area (Å²) in [6.07, 6.45) is 0.916. The van der Waals surface area contributed by atoms with Crippen LogP contribution in [0.5, 0.6) is 0 Å². The topological polar surface area (TPSA) is 72.2 Å². The van der Waals surface area contributed by atoms with Gasteiger partial charge in [0.05, 0.1) is 4.92 Å². The first-order valence-electron chi connectivity index (χ1n) is 5.63. The second kappa shape index (κ2) is 6.49. The van der Waals surface area contributed by atoms with E-state index in [1.54, 1.807) is 6.92 Å². The Hall–Kier alpha value is -1.43. The van der Waals surface area contributed by atoms with Crippen molar-refractivity contribution in [2.75, 3.05) is 6.54 Å². The average Bonchev–Trinajstić information content (AvgIpc) is 2.34. The molecule has 0 bridgehead atoms. The van der Waals surface area contributed by atoms with Gasteiger partial charge in [0, 0.05) is 28.6 Å². The molecule has 98 valence electrons. The van der Waals surface area contributed by atoms with Gasteiger partial charge >= 0.3 is 0 Å². The van der Waals surface area contributed by atoms with Gasteiger partial charge in [-0.05, 0) is 25.5 Å². The van der Waals surface area contributed by atoms with Crippen LogP contribution < -0.4 is 5.32 Å². The summed E-state index contributed by atoms with van der Waals surface area (Å²) in [5.41, 5.74) is 0.950. The molecule has 0 aromatic heterocycles. The van der Waals surface area contributed by atoms with E-state index in [-0.39, 0.29) is 16.4 Å². The fraction of sp³-hybridized carbons (Fsp3) is 0.417. The van der Waals surface area contributed by atoms with Gasteiger partial charge < -0.3 is 5.32 Å². The molecule has 1 N–H and O–H groups in total. The van der Waals surface area contributed by atoms with Gasteiger partial charge in [-0.15, -0.1) is 0 Å². The van der Waals surface area contributed by atoms with E-state index in [2.05, 4.69) is 21.2 Å². The van der Waals surface area contributed by atoms with Crippen molar-refractivity contribution in [2.45, 2.75) is 25.1 Å². The van der Waals surface area contributed by atoms with Crippen LogP contribution in [0.25, 0.3) is 0 Å². The lowest BCUT2D eigenvalue weighted by molar-refractivity contribution is -0.385. The Bertz CT molecular complexity index is 463. The molecule has 6 heteroatoms. The molecule has 0 fully saturated rings. The molecule has 0 spiro atoms. The van der Waals surface area contributed by atoms with Crippen molar-refractivity contribution in [3.63, 3.8) is 0 Å². The van der Waals surface area contributed by atoms with Gasteiger partial charge in [0.25, 0.3) is 11.6 Å². The van der Waals surface area contributed by atoms with Gasteiger partial charge in [-0.1, -0.05) is 22.9 Å². The van der Waals surface area contributed by atoms with E-state index in [4.69, 9.17) is 0 Å². The number of carbonyl (C=O) groups is 1. The number of alkyl halides is 1. The highest BCUT2D eigenvalue weighted by Gasteiger charge is 2.14. The molecule has 0 aliphatic rings. The third kappa shape index (κ3) is 3.80. The highest BCUT2D eigenvalue weighted by Crippen LogP contribution is 2.18. The van der Waals surface area contributed by atoms with Crippen molar-refractivity contribution in [3.05, 3.63) is 39.4 Å². The number of amides is 1. The number of benzene rings is 1. The molecule has 1 unspecified atom stereocenters. The Morgan fingerprint density at radius 3 is 2.72 bits per heavy atom. The molecule has 1 aromatic rings.